The van der Waals surface area contributed by atoms with Crippen LogP contribution in [-0.2, 0) is 65.4 Å². The summed E-state index contributed by atoms with van der Waals surface area (Å²) in [4.78, 5) is 72.0. The summed E-state index contributed by atoms with van der Waals surface area (Å²) in [6.07, 6.45) is 43.6. The van der Waals surface area contributed by atoms with Crippen LogP contribution in [-0.4, -0.2) is 96.7 Å². The Kier molecular flexibility index (Phi) is 57.4. The zero-order chi connectivity index (χ0) is 62.0. The number of ether oxygens (including phenoxy) is 4. The van der Waals surface area contributed by atoms with E-state index in [9.17, 15) is 43.2 Å². The summed E-state index contributed by atoms with van der Waals surface area (Å²) in [6, 6.07) is 0. The van der Waals surface area contributed by atoms with E-state index in [-0.39, 0.29) is 25.7 Å². The molecule has 0 radical (unpaired) electrons. The van der Waals surface area contributed by atoms with E-state index in [2.05, 4.69) is 34.6 Å². The first-order valence-corrected chi connectivity index (χ1v) is 37.2. The van der Waals surface area contributed by atoms with Crippen molar-refractivity contribution in [3.05, 3.63) is 0 Å². The summed E-state index contributed by atoms with van der Waals surface area (Å²) in [5.41, 5.74) is 0. The molecule has 0 rings (SSSR count). The molecule has 0 aliphatic carbocycles. The van der Waals surface area contributed by atoms with Gasteiger partial charge >= 0.3 is 39.5 Å². The molecule has 0 amide bonds. The molecule has 0 aromatic carbocycles. The number of hydrogen-bond acceptors (Lipinski definition) is 15. The number of rotatable bonds is 65. The van der Waals surface area contributed by atoms with E-state index in [1.165, 1.54) is 122 Å². The maximum absolute atomic E-state index is 13.0. The first-order valence-electron chi connectivity index (χ1n) is 34.2. The molecule has 0 spiro atoms. The first-order chi connectivity index (χ1) is 40.6. The molecule has 0 bridgehead atoms. The predicted molar refractivity (Wildman–Crippen MR) is 335 cm³/mol. The van der Waals surface area contributed by atoms with Crippen molar-refractivity contribution >= 4 is 39.5 Å². The number of phosphoric acid groups is 2. The minimum Gasteiger partial charge on any atom is -0.462 e. The molecule has 0 saturated heterocycles. The second-order valence-electron chi connectivity index (χ2n) is 23.7. The fourth-order valence-electron chi connectivity index (χ4n) is 9.73. The quantitative estimate of drug-likeness (QED) is 0.0222. The first kappa shape index (κ1) is 82.1. The van der Waals surface area contributed by atoms with Gasteiger partial charge in [-0.2, -0.15) is 0 Å². The Morgan fingerprint density at radius 2 is 0.571 bits per heavy atom. The van der Waals surface area contributed by atoms with Gasteiger partial charge in [-0.05, 0) is 31.6 Å². The monoisotopic (exact) mass is 1240 g/mol. The van der Waals surface area contributed by atoms with Crippen LogP contribution in [0.2, 0.25) is 0 Å². The van der Waals surface area contributed by atoms with Gasteiger partial charge in [-0.1, -0.05) is 279 Å². The number of aliphatic hydroxyl groups excluding tert-OH is 1. The lowest BCUT2D eigenvalue weighted by Gasteiger charge is -2.21. The zero-order valence-electron chi connectivity index (χ0n) is 54.0. The molecule has 17 nitrogen and oxygen atoms in total. The Balaban J connectivity index is 5.10. The lowest BCUT2D eigenvalue weighted by molar-refractivity contribution is -0.161. The fourth-order valence-corrected chi connectivity index (χ4v) is 11.3. The molecule has 0 aliphatic rings. The molecule has 0 heterocycles. The molecule has 0 aliphatic heterocycles. The van der Waals surface area contributed by atoms with Gasteiger partial charge in [-0.3, -0.25) is 37.3 Å². The third kappa shape index (κ3) is 57.8. The van der Waals surface area contributed by atoms with E-state index in [0.717, 1.165) is 128 Å². The molecule has 3 unspecified atom stereocenters. The van der Waals surface area contributed by atoms with Crippen LogP contribution in [0.4, 0.5) is 0 Å². The minimum absolute atomic E-state index is 0.103. The molecule has 0 aromatic heterocycles. The molecule has 3 N–H and O–H groups in total. The van der Waals surface area contributed by atoms with Crippen LogP contribution in [0.1, 0.15) is 330 Å². The number of hydrogen-bond donors (Lipinski definition) is 3. The van der Waals surface area contributed by atoms with E-state index in [1.54, 1.807) is 0 Å². The molecule has 6 atom stereocenters. The number of esters is 4. The Morgan fingerprint density at radius 1 is 0.333 bits per heavy atom. The standard InChI is InChI=1S/C65H126O17P2/c1-6-10-13-16-19-20-21-22-23-24-25-26-27-28-29-30-31-34-41-46-51-65(70)82-61(55-76-63(68)49-44-39-36-35-37-42-47-58(5)9-4)57-80-84(73,74)78-53-59(66)52-77-83(71,72)79-56-60(81-64(69)50-45-40-33-18-15-12-8-3)54-75-62(67)48-43-38-32-17-14-11-7-2/h58-61,66H,6-57H2,1-5H3,(H,71,72)(H,73,74)/t58?,59-,60+,61+/m0/s1. The van der Waals surface area contributed by atoms with Crippen molar-refractivity contribution < 1.29 is 80.2 Å². The van der Waals surface area contributed by atoms with Gasteiger partial charge in [0.2, 0.25) is 0 Å². The highest BCUT2D eigenvalue weighted by atomic mass is 31.2. The summed E-state index contributed by atoms with van der Waals surface area (Å²) in [7, 11) is -9.88. The highest BCUT2D eigenvalue weighted by Gasteiger charge is 2.30. The van der Waals surface area contributed by atoms with Crippen LogP contribution >= 0.6 is 15.6 Å². The maximum atomic E-state index is 13.0. The number of phosphoric ester groups is 2. The summed E-state index contributed by atoms with van der Waals surface area (Å²) >= 11 is 0. The topological polar surface area (TPSA) is 237 Å². The van der Waals surface area contributed by atoms with Crippen LogP contribution in [0.15, 0.2) is 0 Å². The van der Waals surface area contributed by atoms with Crippen LogP contribution in [0.25, 0.3) is 0 Å². The summed E-state index contributed by atoms with van der Waals surface area (Å²) in [5, 5.41) is 10.5. The van der Waals surface area contributed by atoms with Gasteiger partial charge in [0.05, 0.1) is 26.4 Å². The molecule has 0 fully saturated rings. The highest BCUT2D eigenvalue weighted by molar-refractivity contribution is 7.47. The largest absolute Gasteiger partial charge is 0.472 e. The fraction of sp³-hybridized carbons (Fsp3) is 0.938. The van der Waals surface area contributed by atoms with Crippen LogP contribution < -0.4 is 0 Å². The maximum Gasteiger partial charge on any atom is 0.472 e. The minimum atomic E-state index is -4.94. The molecule has 498 valence electrons. The van der Waals surface area contributed by atoms with E-state index in [1.807, 2.05) is 0 Å². The van der Waals surface area contributed by atoms with Crippen LogP contribution in [0.3, 0.4) is 0 Å². The Hall–Kier alpha value is -1.94. The van der Waals surface area contributed by atoms with E-state index >= 15 is 0 Å². The Bertz CT molecular complexity index is 1640. The van der Waals surface area contributed by atoms with Gasteiger partial charge in [0, 0.05) is 25.7 Å². The van der Waals surface area contributed by atoms with Crippen molar-refractivity contribution in [2.75, 3.05) is 39.6 Å². The second-order valence-corrected chi connectivity index (χ2v) is 26.7. The third-order valence-corrected chi connectivity index (χ3v) is 17.3. The van der Waals surface area contributed by atoms with E-state index < -0.39 is 97.5 Å². The van der Waals surface area contributed by atoms with Gasteiger partial charge in [0.25, 0.3) is 0 Å². The molecule has 0 saturated carbocycles. The molecule has 84 heavy (non-hydrogen) atoms. The van der Waals surface area contributed by atoms with E-state index in [0.29, 0.717) is 25.7 Å². The number of carbonyl (C=O) groups is 4. The Morgan fingerprint density at radius 3 is 0.845 bits per heavy atom. The molecular weight excluding hydrogens is 1110 g/mol. The highest BCUT2D eigenvalue weighted by Crippen LogP contribution is 2.45. The van der Waals surface area contributed by atoms with Crippen molar-refractivity contribution in [1.82, 2.24) is 0 Å². The van der Waals surface area contributed by atoms with Crippen molar-refractivity contribution in [3.63, 3.8) is 0 Å². The summed E-state index contributed by atoms with van der Waals surface area (Å²) < 4.78 is 67.8. The number of aliphatic hydroxyl groups is 1. The number of unbranched alkanes of at least 4 members (excludes halogenated alkanes) is 36. The average Bonchev–Trinajstić information content (AvgIpc) is 3.64. The van der Waals surface area contributed by atoms with Crippen LogP contribution in [0, 0.1) is 5.92 Å². The van der Waals surface area contributed by atoms with E-state index in [4.69, 9.17) is 37.0 Å². The van der Waals surface area contributed by atoms with Crippen molar-refractivity contribution in [1.29, 1.82) is 0 Å². The molecular formula is C65H126O17P2. The summed E-state index contributed by atoms with van der Waals surface area (Å²) in [5.74, 6) is -1.41. The second kappa shape index (κ2) is 58.7. The molecule has 0 aromatic rings. The Labute approximate surface area is 511 Å². The van der Waals surface area contributed by atoms with Gasteiger partial charge in [0.1, 0.15) is 19.3 Å². The average molecular weight is 1240 g/mol. The number of carbonyl (C=O) groups excluding carboxylic acids is 4. The smallest absolute Gasteiger partial charge is 0.462 e. The van der Waals surface area contributed by atoms with Crippen molar-refractivity contribution in [2.24, 2.45) is 5.92 Å². The van der Waals surface area contributed by atoms with Crippen molar-refractivity contribution in [3.8, 4) is 0 Å². The normalized spacial score (nSPS) is 14.5. The van der Waals surface area contributed by atoms with Gasteiger partial charge in [-0.15, -0.1) is 0 Å². The van der Waals surface area contributed by atoms with Crippen molar-refractivity contribution in [2.45, 2.75) is 348 Å². The SMILES string of the molecule is CCCCCCCCCCCCCCCCCCCCCCC(=O)O[C@H](COC(=O)CCCCCCCCC(C)CC)COP(=O)(O)OC[C@@H](O)COP(=O)(O)OC[C@@H](COC(=O)CCCCCCCCC)OC(=O)CCCCCCCCC. The third-order valence-electron chi connectivity index (χ3n) is 15.4. The van der Waals surface area contributed by atoms with Gasteiger partial charge in [-0.25, -0.2) is 9.13 Å². The predicted octanol–water partition coefficient (Wildman–Crippen LogP) is 18.2. The van der Waals surface area contributed by atoms with Gasteiger partial charge in [0.15, 0.2) is 12.2 Å². The van der Waals surface area contributed by atoms with Crippen LogP contribution in [0.5, 0.6) is 0 Å². The molecule has 19 heteroatoms. The lowest BCUT2D eigenvalue weighted by Crippen LogP contribution is -2.30. The zero-order valence-corrected chi connectivity index (χ0v) is 55.8. The lowest BCUT2D eigenvalue weighted by atomic mass is 10.00. The summed E-state index contributed by atoms with van der Waals surface area (Å²) in [6.45, 7) is 7.08. The van der Waals surface area contributed by atoms with Gasteiger partial charge < -0.3 is 33.8 Å².